The van der Waals surface area contributed by atoms with Crippen LogP contribution in [0.25, 0.3) is 76.5 Å². The Hall–Kier alpha value is -7.21. The minimum atomic E-state index is -0.0395. The SMILES string of the molecule is Cc1cc(-c2cccc(C#N)c2)ccc1B(c1ccc2cccc(-c3cccc4ccccc34)c2c1)c1ccc2cccc3c2c1Cc1cccc2cccc-3c12. The topological polar surface area (TPSA) is 23.8 Å². The first-order chi connectivity index (χ1) is 28.1. The number of hydrogen-bond acceptors (Lipinski definition) is 1. The molecule has 1 aliphatic rings. The van der Waals surface area contributed by atoms with Crippen LogP contribution in [0.4, 0.5) is 0 Å². The van der Waals surface area contributed by atoms with Gasteiger partial charge in [-0.2, -0.15) is 5.26 Å². The van der Waals surface area contributed by atoms with E-state index in [0.29, 0.717) is 5.56 Å². The van der Waals surface area contributed by atoms with Crippen LogP contribution in [0.2, 0.25) is 0 Å². The van der Waals surface area contributed by atoms with Gasteiger partial charge in [-0.05, 0) is 113 Å². The second-order valence-corrected chi connectivity index (χ2v) is 15.5. The second-order valence-electron chi connectivity index (χ2n) is 15.5. The molecule has 0 aliphatic heterocycles. The molecule has 0 N–H and O–H groups in total. The number of hydrogen-bond donors (Lipinski definition) is 0. The molecule has 2 heteroatoms. The fraction of sp³-hybridized carbons (Fsp3) is 0.0364. The summed E-state index contributed by atoms with van der Waals surface area (Å²) in [6.07, 6.45) is 0.849. The van der Waals surface area contributed by atoms with Crippen LogP contribution in [-0.4, -0.2) is 6.71 Å². The quantitative estimate of drug-likeness (QED) is 0.162. The molecular weight excluding hydrogens is 685 g/mol. The molecule has 1 aliphatic carbocycles. The van der Waals surface area contributed by atoms with Crippen molar-refractivity contribution in [1.29, 1.82) is 5.26 Å². The molecule has 0 saturated carbocycles. The Morgan fingerprint density at radius 1 is 0.456 bits per heavy atom. The molecule has 0 bridgehead atoms. The van der Waals surface area contributed by atoms with Gasteiger partial charge in [0.05, 0.1) is 11.6 Å². The zero-order valence-electron chi connectivity index (χ0n) is 31.6. The van der Waals surface area contributed by atoms with Crippen LogP contribution in [0.15, 0.2) is 188 Å². The van der Waals surface area contributed by atoms with E-state index in [-0.39, 0.29) is 6.71 Å². The zero-order chi connectivity index (χ0) is 38.0. The van der Waals surface area contributed by atoms with Crippen LogP contribution in [0.1, 0.15) is 22.3 Å². The Bertz CT molecular complexity index is 3300. The third kappa shape index (κ3) is 5.39. The smallest absolute Gasteiger partial charge is 0.192 e. The first-order valence-corrected chi connectivity index (χ1v) is 19.8. The Morgan fingerprint density at radius 2 is 1.05 bits per heavy atom. The summed E-state index contributed by atoms with van der Waals surface area (Å²) in [5, 5.41) is 19.9. The van der Waals surface area contributed by atoms with Gasteiger partial charge in [-0.25, -0.2) is 0 Å². The Balaban J connectivity index is 1.18. The standard InChI is InChI=1S/C55H36BN/c1-35-30-42(41-17-4-10-36(31-41)34-57)26-28-52(35)56(44-27-24-38-13-7-21-47(50(38)33-44)46-20-6-12-37-11-2-3-19-45(37)46)53-29-25-40-16-9-23-49-48-22-8-15-39-14-5-18-43(54(39)48)32-51(53)55(40)49/h2-31,33H,32H2,1H3. The maximum Gasteiger partial charge on any atom is 0.241 e. The van der Waals surface area contributed by atoms with Crippen LogP contribution < -0.4 is 16.4 Å². The average molecular weight is 722 g/mol. The van der Waals surface area contributed by atoms with Gasteiger partial charge in [-0.3, -0.25) is 0 Å². The Labute approximate surface area is 333 Å². The van der Waals surface area contributed by atoms with Crippen molar-refractivity contribution < 1.29 is 0 Å². The van der Waals surface area contributed by atoms with Gasteiger partial charge in [-0.1, -0.05) is 198 Å². The maximum atomic E-state index is 9.68. The van der Waals surface area contributed by atoms with Gasteiger partial charge in [-0.15, -0.1) is 0 Å². The third-order valence-electron chi connectivity index (χ3n) is 12.4. The number of nitriles is 1. The van der Waals surface area contributed by atoms with Crippen molar-refractivity contribution in [2.75, 3.05) is 0 Å². The van der Waals surface area contributed by atoms with Gasteiger partial charge in [0.25, 0.3) is 0 Å². The average Bonchev–Trinajstić information content (AvgIpc) is 3.41. The molecule has 10 aromatic rings. The van der Waals surface area contributed by atoms with Gasteiger partial charge in [0.1, 0.15) is 0 Å². The molecule has 0 radical (unpaired) electrons. The van der Waals surface area contributed by atoms with Crippen molar-refractivity contribution in [1.82, 2.24) is 0 Å². The van der Waals surface area contributed by atoms with E-state index in [0.717, 1.165) is 17.5 Å². The molecule has 0 fully saturated rings. The highest BCUT2D eigenvalue weighted by atomic mass is 14.2. The molecule has 264 valence electrons. The summed E-state index contributed by atoms with van der Waals surface area (Å²) in [5.41, 5.74) is 15.8. The molecule has 0 heterocycles. The van der Waals surface area contributed by atoms with Gasteiger partial charge < -0.3 is 0 Å². The van der Waals surface area contributed by atoms with Crippen molar-refractivity contribution in [3.63, 3.8) is 0 Å². The maximum absolute atomic E-state index is 9.68. The highest BCUT2D eigenvalue weighted by Crippen LogP contribution is 2.41. The lowest BCUT2D eigenvalue weighted by Gasteiger charge is -2.24. The normalized spacial score (nSPS) is 11.9. The molecule has 0 saturated heterocycles. The van der Waals surface area contributed by atoms with Crippen molar-refractivity contribution >= 4 is 66.2 Å². The first kappa shape index (κ1) is 33.2. The summed E-state index contributed by atoms with van der Waals surface area (Å²) in [6.45, 7) is 2.21. The minimum Gasteiger partial charge on any atom is -0.192 e. The fourth-order valence-electron chi connectivity index (χ4n) is 9.78. The summed E-state index contributed by atoms with van der Waals surface area (Å²) in [6, 6.07) is 71.5. The van der Waals surface area contributed by atoms with E-state index < -0.39 is 0 Å². The van der Waals surface area contributed by atoms with Crippen molar-refractivity contribution in [3.05, 3.63) is 210 Å². The van der Waals surface area contributed by atoms with Gasteiger partial charge in [0.15, 0.2) is 0 Å². The van der Waals surface area contributed by atoms with E-state index in [1.54, 1.807) is 0 Å². The summed E-state index contributed by atoms with van der Waals surface area (Å²) in [7, 11) is 0. The highest BCUT2D eigenvalue weighted by Gasteiger charge is 2.30. The van der Waals surface area contributed by atoms with Crippen molar-refractivity contribution in [2.45, 2.75) is 13.3 Å². The summed E-state index contributed by atoms with van der Waals surface area (Å²) >= 11 is 0. The molecule has 1 nitrogen and oxygen atoms in total. The van der Waals surface area contributed by atoms with Gasteiger partial charge in [0, 0.05) is 0 Å². The van der Waals surface area contributed by atoms with E-state index in [1.807, 2.05) is 18.2 Å². The monoisotopic (exact) mass is 721 g/mol. The summed E-state index contributed by atoms with van der Waals surface area (Å²) in [4.78, 5) is 0. The molecule has 0 spiro atoms. The largest absolute Gasteiger partial charge is 0.241 e. The fourth-order valence-corrected chi connectivity index (χ4v) is 9.78. The number of rotatable bonds is 5. The predicted octanol–water partition coefficient (Wildman–Crippen LogP) is 11.9. The Kier molecular flexibility index (Phi) is 7.70. The van der Waals surface area contributed by atoms with Gasteiger partial charge >= 0.3 is 0 Å². The van der Waals surface area contributed by atoms with Crippen LogP contribution in [-0.2, 0) is 6.42 Å². The molecule has 10 aromatic carbocycles. The van der Waals surface area contributed by atoms with E-state index in [4.69, 9.17) is 0 Å². The van der Waals surface area contributed by atoms with Crippen LogP contribution >= 0.6 is 0 Å². The van der Waals surface area contributed by atoms with Gasteiger partial charge in [0.2, 0.25) is 6.71 Å². The molecule has 0 atom stereocenters. The predicted molar refractivity (Wildman–Crippen MR) is 243 cm³/mol. The van der Waals surface area contributed by atoms with Crippen LogP contribution in [0.3, 0.4) is 0 Å². The lowest BCUT2D eigenvalue weighted by atomic mass is 9.35. The molecule has 0 amide bonds. The highest BCUT2D eigenvalue weighted by molar-refractivity contribution is 6.96. The Morgan fingerprint density at radius 3 is 1.84 bits per heavy atom. The lowest BCUT2D eigenvalue weighted by Crippen LogP contribution is -2.54. The lowest BCUT2D eigenvalue weighted by molar-refractivity contribution is 1.26. The molecule has 11 rings (SSSR count). The summed E-state index contributed by atoms with van der Waals surface area (Å²) < 4.78 is 0. The van der Waals surface area contributed by atoms with E-state index in [1.165, 1.54) is 98.4 Å². The molecular formula is C55H36BN. The number of fused-ring (bicyclic) bond motifs is 3. The number of benzene rings is 10. The minimum absolute atomic E-state index is 0.0395. The zero-order valence-corrected chi connectivity index (χ0v) is 31.6. The van der Waals surface area contributed by atoms with Crippen LogP contribution in [0.5, 0.6) is 0 Å². The van der Waals surface area contributed by atoms with E-state index >= 15 is 0 Å². The molecule has 0 unspecified atom stereocenters. The number of aryl methyl sites for hydroxylation is 1. The molecule has 57 heavy (non-hydrogen) atoms. The summed E-state index contributed by atoms with van der Waals surface area (Å²) in [5.74, 6) is 0. The second kappa shape index (κ2) is 13.2. The first-order valence-electron chi connectivity index (χ1n) is 19.8. The van der Waals surface area contributed by atoms with E-state index in [9.17, 15) is 5.26 Å². The van der Waals surface area contributed by atoms with E-state index in [2.05, 4.69) is 183 Å². The van der Waals surface area contributed by atoms with Crippen molar-refractivity contribution in [2.24, 2.45) is 0 Å². The van der Waals surface area contributed by atoms with Crippen LogP contribution in [0, 0.1) is 18.3 Å². The third-order valence-corrected chi connectivity index (χ3v) is 12.4. The number of nitrogens with zero attached hydrogens (tertiary/aromatic N) is 1. The molecule has 0 aromatic heterocycles. The van der Waals surface area contributed by atoms with Crippen molar-refractivity contribution in [3.8, 4) is 39.4 Å².